The molecule has 0 saturated heterocycles. The van der Waals surface area contributed by atoms with Gasteiger partial charge in [0.05, 0.1) is 23.7 Å². The van der Waals surface area contributed by atoms with Gasteiger partial charge in [0.15, 0.2) is 0 Å². The minimum absolute atomic E-state index is 0.0879. The summed E-state index contributed by atoms with van der Waals surface area (Å²) in [4.78, 5) is 12.7. The van der Waals surface area contributed by atoms with Gasteiger partial charge in [-0.2, -0.15) is 4.31 Å². The monoisotopic (exact) mass is 510 g/mol. The zero-order chi connectivity index (χ0) is 25.4. The molecule has 2 aromatic carbocycles. The summed E-state index contributed by atoms with van der Waals surface area (Å²) in [7, 11) is -7.02. The SMILES string of the molecule is CCS(=O)(=O)N(Cc1ccccc1)C[C@@H](O)[C@H](Cc1ccccc1)NC(=O)[C@H](C)CS(C)(=O)=O. The van der Waals surface area contributed by atoms with Crippen LogP contribution < -0.4 is 5.32 Å². The number of benzene rings is 2. The van der Waals surface area contributed by atoms with Gasteiger partial charge in [-0.1, -0.05) is 67.6 Å². The average molecular weight is 511 g/mol. The van der Waals surface area contributed by atoms with Gasteiger partial charge >= 0.3 is 0 Å². The fourth-order valence-electron chi connectivity index (χ4n) is 3.59. The maximum atomic E-state index is 12.8. The molecule has 0 unspecified atom stereocenters. The molecule has 0 radical (unpaired) electrons. The highest BCUT2D eigenvalue weighted by Crippen LogP contribution is 2.15. The number of sulfone groups is 1. The van der Waals surface area contributed by atoms with Crippen LogP contribution in [0.3, 0.4) is 0 Å². The van der Waals surface area contributed by atoms with E-state index in [0.29, 0.717) is 0 Å². The molecule has 0 aromatic heterocycles. The van der Waals surface area contributed by atoms with E-state index in [-0.39, 0.29) is 31.0 Å². The van der Waals surface area contributed by atoms with E-state index >= 15 is 0 Å². The van der Waals surface area contributed by atoms with Crippen LogP contribution in [0, 0.1) is 5.92 Å². The molecule has 0 aliphatic rings. The van der Waals surface area contributed by atoms with Crippen molar-refractivity contribution in [2.45, 2.75) is 39.0 Å². The van der Waals surface area contributed by atoms with E-state index in [4.69, 9.17) is 0 Å². The molecule has 0 bridgehead atoms. The summed E-state index contributed by atoms with van der Waals surface area (Å²) in [6.45, 7) is 2.91. The van der Waals surface area contributed by atoms with Gasteiger partial charge in [0.1, 0.15) is 9.84 Å². The van der Waals surface area contributed by atoms with Crippen molar-refractivity contribution in [2.75, 3.05) is 24.3 Å². The lowest BCUT2D eigenvalue weighted by molar-refractivity contribution is -0.125. The Bertz CT molecular complexity index is 1120. The third-order valence-electron chi connectivity index (χ3n) is 5.44. The van der Waals surface area contributed by atoms with Gasteiger partial charge < -0.3 is 10.4 Å². The predicted molar refractivity (Wildman–Crippen MR) is 133 cm³/mol. The molecular weight excluding hydrogens is 476 g/mol. The van der Waals surface area contributed by atoms with Crippen molar-refractivity contribution in [3.8, 4) is 0 Å². The number of sulfonamides is 1. The number of aliphatic hydroxyl groups excluding tert-OH is 1. The lowest BCUT2D eigenvalue weighted by atomic mass is 10.00. The summed E-state index contributed by atoms with van der Waals surface area (Å²) in [6, 6.07) is 17.4. The standard InChI is InChI=1S/C24H34N2O6S2/c1-4-34(31,32)26(16-21-13-9-6-10-14-21)17-23(27)22(15-20-11-7-5-8-12-20)25-24(28)19(2)18-33(3,29)30/h5-14,19,22-23,27H,4,15-18H2,1-3H3,(H,25,28)/t19-,22+,23-/m1/s1. The maximum Gasteiger partial charge on any atom is 0.224 e. The third-order valence-corrected chi connectivity index (χ3v) is 8.34. The van der Waals surface area contributed by atoms with Crippen molar-refractivity contribution in [3.05, 3.63) is 71.8 Å². The molecule has 34 heavy (non-hydrogen) atoms. The number of rotatable bonds is 13. The van der Waals surface area contributed by atoms with Gasteiger partial charge in [0, 0.05) is 25.3 Å². The van der Waals surface area contributed by atoms with Gasteiger partial charge in [-0.15, -0.1) is 0 Å². The Morgan fingerprint density at radius 2 is 1.50 bits per heavy atom. The van der Waals surface area contributed by atoms with E-state index in [1.807, 2.05) is 48.5 Å². The molecule has 0 heterocycles. The molecule has 188 valence electrons. The zero-order valence-corrected chi connectivity index (χ0v) is 21.4. The first kappa shape index (κ1) is 28.0. The second-order valence-corrected chi connectivity index (χ2v) is 13.0. The normalized spacial score (nSPS) is 15.0. The van der Waals surface area contributed by atoms with Gasteiger partial charge in [-0.05, 0) is 24.5 Å². The zero-order valence-electron chi connectivity index (χ0n) is 19.8. The molecular formula is C24H34N2O6S2. The molecule has 1 amide bonds. The summed E-state index contributed by atoms with van der Waals surface area (Å²) < 4.78 is 50.0. The highest BCUT2D eigenvalue weighted by molar-refractivity contribution is 7.90. The molecule has 0 saturated carbocycles. The summed E-state index contributed by atoms with van der Waals surface area (Å²) in [5, 5.41) is 13.9. The van der Waals surface area contributed by atoms with E-state index in [9.17, 15) is 26.7 Å². The highest BCUT2D eigenvalue weighted by Gasteiger charge is 2.30. The lowest BCUT2D eigenvalue weighted by Crippen LogP contribution is -2.52. The van der Waals surface area contributed by atoms with Crippen LogP contribution in [0.15, 0.2) is 60.7 Å². The fourth-order valence-corrected chi connectivity index (χ4v) is 5.74. The van der Waals surface area contributed by atoms with Crippen molar-refractivity contribution in [3.63, 3.8) is 0 Å². The van der Waals surface area contributed by atoms with Crippen LogP contribution in [0.5, 0.6) is 0 Å². The molecule has 0 fully saturated rings. The minimum atomic E-state index is -3.65. The van der Waals surface area contributed by atoms with Crippen LogP contribution in [-0.4, -0.2) is 68.6 Å². The summed E-state index contributed by atoms with van der Waals surface area (Å²) >= 11 is 0. The van der Waals surface area contributed by atoms with E-state index in [0.717, 1.165) is 17.4 Å². The van der Waals surface area contributed by atoms with Crippen LogP contribution in [-0.2, 0) is 37.6 Å². The van der Waals surface area contributed by atoms with Crippen molar-refractivity contribution in [1.82, 2.24) is 9.62 Å². The first-order chi connectivity index (χ1) is 15.9. The van der Waals surface area contributed by atoms with Crippen LogP contribution >= 0.6 is 0 Å². The Morgan fingerprint density at radius 1 is 0.971 bits per heavy atom. The van der Waals surface area contributed by atoms with E-state index in [2.05, 4.69) is 5.32 Å². The Labute approximate surface area is 203 Å². The van der Waals surface area contributed by atoms with Crippen molar-refractivity contribution in [1.29, 1.82) is 0 Å². The van der Waals surface area contributed by atoms with Crippen LogP contribution in [0.2, 0.25) is 0 Å². The number of nitrogens with zero attached hydrogens (tertiary/aromatic N) is 1. The summed E-state index contributed by atoms with van der Waals surface area (Å²) in [5.41, 5.74) is 1.62. The summed E-state index contributed by atoms with van der Waals surface area (Å²) in [6.07, 6.45) is 0.0918. The van der Waals surface area contributed by atoms with Gasteiger partial charge in [0.2, 0.25) is 15.9 Å². The first-order valence-electron chi connectivity index (χ1n) is 11.1. The number of nitrogens with one attached hydrogen (secondary N) is 1. The summed E-state index contributed by atoms with van der Waals surface area (Å²) in [5.74, 6) is -1.79. The Hall–Kier alpha value is -2.27. The second-order valence-electron chi connectivity index (χ2n) is 8.54. The van der Waals surface area contributed by atoms with E-state index < -0.39 is 43.8 Å². The van der Waals surface area contributed by atoms with Crippen molar-refractivity contribution >= 4 is 25.8 Å². The topological polar surface area (TPSA) is 121 Å². The molecule has 10 heteroatoms. The van der Waals surface area contributed by atoms with Gasteiger partial charge in [-0.25, -0.2) is 16.8 Å². The van der Waals surface area contributed by atoms with Crippen molar-refractivity contribution < 1.29 is 26.7 Å². The Kier molecular flexibility index (Phi) is 10.2. The van der Waals surface area contributed by atoms with Crippen LogP contribution in [0.1, 0.15) is 25.0 Å². The molecule has 0 aliphatic heterocycles. The molecule has 8 nitrogen and oxygen atoms in total. The number of hydrogen-bond donors (Lipinski definition) is 2. The molecule has 2 rings (SSSR count). The largest absolute Gasteiger partial charge is 0.390 e. The van der Waals surface area contributed by atoms with E-state index in [1.165, 1.54) is 18.2 Å². The Morgan fingerprint density at radius 3 is 2.00 bits per heavy atom. The minimum Gasteiger partial charge on any atom is -0.390 e. The van der Waals surface area contributed by atoms with Gasteiger partial charge in [-0.3, -0.25) is 4.79 Å². The van der Waals surface area contributed by atoms with E-state index in [1.54, 1.807) is 12.1 Å². The van der Waals surface area contributed by atoms with Crippen LogP contribution in [0.4, 0.5) is 0 Å². The molecule has 0 spiro atoms. The smallest absolute Gasteiger partial charge is 0.224 e. The molecule has 3 atom stereocenters. The first-order valence-corrected chi connectivity index (χ1v) is 14.8. The molecule has 2 N–H and O–H groups in total. The molecule has 2 aromatic rings. The van der Waals surface area contributed by atoms with Gasteiger partial charge in [0.25, 0.3) is 0 Å². The van der Waals surface area contributed by atoms with Crippen LogP contribution in [0.25, 0.3) is 0 Å². The second kappa shape index (κ2) is 12.4. The number of carbonyl (C=O) groups is 1. The number of aliphatic hydroxyl groups is 1. The Balaban J connectivity index is 2.26. The quantitative estimate of drug-likeness (QED) is 0.422. The number of amides is 1. The van der Waals surface area contributed by atoms with Crippen molar-refractivity contribution in [2.24, 2.45) is 5.92 Å². The number of carbonyl (C=O) groups excluding carboxylic acids is 1. The highest BCUT2D eigenvalue weighted by atomic mass is 32.2. The molecule has 0 aliphatic carbocycles. The third kappa shape index (κ3) is 9.17. The predicted octanol–water partition coefficient (Wildman–Crippen LogP) is 1.61. The number of hydrogen-bond acceptors (Lipinski definition) is 6. The average Bonchev–Trinajstić information content (AvgIpc) is 2.78. The maximum absolute atomic E-state index is 12.8. The fraction of sp³-hybridized carbons (Fsp3) is 0.458. The lowest BCUT2D eigenvalue weighted by Gasteiger charge is -2.30.